The molecule has 1 fully saturated rings. The summed E-state index contributed by atoms with van der Waals surface area (Å²) in [4.78, 5) is 0. The molecule has 18 heavy (non-hydrogen) atoms. The molecule has 1 aliphatic heterocycles. The van der Waals surface area contributed by atoms with E-state index < -0.39 is 10.0 Å². The first-order valence-corrected chi connectivity index (χ1v) is 8.14. The van der Waals surface area contributed by atoms with E-state index in [0.29, 0.717) is 13.1 Å². The second-order valence-corrected chi connectivity index (χ2v) is 7.06. The molecule has 1 heterocycles. The molecule has 2 rings (SSSR count). The quantitative estimate of drug-likeness (QED) is 0.844. The Morgan fingerprint density at radius 3 is 2.17 bits per heavy atom. The van der Waals surface area contributed by atoms with Crippen molar-refractivity contribution in [1.82, 2.24) is 4.31 Å². The van der Waals surface area contributed by atoms with Crippen LogP contribution in [-0.4, -0.2) is 25.8 Å². The fraction of sp³-hybridized carbons (Fsp3) is 0.571. The van der Waals surface area contributed by atoms with Gasteiger partial charge in [0.15, 0.2) is 0 Å². The van der Waals surface area contributed by atoms with Crippen LogP contribution in [0.15, 0.2) is 18.2 Å². The van der Waals surface area contributed by atoms with E-state index in [-0.39, 0.29) is 5.75 Å². The van der Waals surface area contributed by atoms with Gasteiger partial charge in [-0.15, -0.1) is 0 Å². The number of rotatable bonds is 3. The number of piperidine rings is 1. The normalized spacial score (nSPS) is 17.9. The molecular formula is C14H21NO2S. The van der Waals surface area contributed by atoms with E-state index in [4.69, 9.17) is 0 Å². The number of sulfonamides is 1. The van der Waals surface area contributed by atoms with Gasteiger partial charge in [-0.25, -0.2) is 12.7 Å². The zero-order valence-corrected chi connectivity index (χ0v) is 12.0. The number of aryl methyl sites for hydroxylation is 2. The summed E-state index contributed by atoms with van der Waals surface area (Å²) in [6, 6.07) is 5.93. The first kappa shape index (κ1) is 13.6. The predicted octanol–water partition coefficient (Wildman–Crippen LogP) is 2.62. The lowest BCUT2D eigenvalue weighted by Gasteiger charge is -2.26. The van der Waals surface area contributed by atoms with E-state index >= 15 is 0 Å². The Bertz CT molecular complexity index is 496. The van der Waals surface area contributed by atoms with E-state index in [2.05, 4.69) is 0 Å². The molecule has 0 aromatic heterocycles. The molecule has 4 heteroatoms. The van der Waals surface area contributed by atoms with Crippen LogP contribution in [0.4, 0.5) is 0 Å². The maximum atomic E-state index is 12.4. The van der Waals surface area contributed by atoms with Crippen LogP contribution < -0.4 is 0 Å². The van der Waals surface area contributed by atoms with Crippen LogP contribution >= 0.6 is 0 Å². The molecule has 0 atom stereocenters. The van der Waals surface area contributed by atoms with Crippen LogP contribution in [0.25, 0.3) is 0 Å². The molecule has 0 spiro atoms. The van der Waals surface area contributed by atoms with E-state index in [1.165, 1.54) is 0 Å². The zero-order valence-electron chi connectivity index (χ0n) is 11.1. The maximum Gasteiger partial charge on any atom is 0.218 e. The molecule has 1 saturated heterocycles. The van der Waals surface area contributed by atoms with Crippen molar-refractivity contribution < 1.29 is 8.42 Å². The van der Waals surface area contributed by atoms with Crippen molar-refractivity contribution in [2.45, 2.75) is 38.9 Å². The molecule has 0 saturated carbocycles. The standard InChI is InChI=1S/C14H21NO2S/c1-12-7-6-8-13(2)14(12)11-18(16,17)15-9-4-3-5-10-15/h6-8H,3-5,9-11H2,1-2H3. The van der Waals surface area contributed by atoms with Crippen molar-refractivity contribution in [1.29, 1.82) is 0 Å². The largest absolute Gasteiger partial charge is 0.218 e. The summed E-state index contributed by atoms with van der Waals surface area (Å²) in [5.41, 5.74) is 3.09. The molecule has 0 aliphatic carbocycles. The van der Waals surface area contributed by atoms with Crippen LogP contribution in [-0.2, 0) is 15.8 Å². The third-order valence-corrected chi connectivity index (χ3v) is 5.49. The average Bonchev–Trinajstić information content (AvgIpc) is 2.35. The van der Waals surface area contributed by atoms with Gasteiger partial charge in [-0.3, -0.25) is 0 Å². The summed E-state index contributed by atoms with van der Waals surface area (Å²) in [5, 5.41) is 0. The fourth-order valence-corrected chi connectivity index (χ4v) is 4.31. The highest BCUT2D eigenvalue weighted by atomic mass is 32.2. The number of hydrogen-bond acceptors (Lipinski definition) is 2. The maximum absolute atomic E-state index is 12.4. The molecule has 100 valence electrons. The zero-order chi connectivity index (χ0) is 13.2. The minimum atomic E-state index is -3.15. The number of hydrogen-bond donors (Lipinski definition) is 0. The van der Waals surface area contributed by atoms with Gasteiger partial charge in [-0.05, 0) is 43.4 Å². The lowest BCUT2D eigenvalue weighted by Crippen LogP contribution is -2.36. The van der Waals surface area contributed by atoms with Gasteiger partial charge in [0.1, 0.15) is 0 Å². The van der Waals surface area contributed by atoms with Gasteiger partial charge in [0.05, 0.1) is 5.75 Å². The molecule has 1 aliphatic rings. The Hall–Kier alpha value is -0.870. The predicted molar refractivity (Wildman–Crippen MR) is 74.0 cm³/mol. The van der Waals surface area contributed by atoms with Crippen LogP contribution in [0.1, 0.15) is 36.0 Å². The van der Waals surface area contributed by atoms with Crippen molar-refractivity contribution in [3.05, 3.63) is 34.9 Å². The first-order valence-electron chi connectivity index (χ1n) is 6.53. The first-order chi connectivity index (χ1) is 8.50. The summed E-state index contributed by atoms with van der Waals surface area (Å²) in [7, 11) is -3.15. The summed E-state index contributed by atoms with van der Waals surface area (Å²) >= 11 is 0. The smallest absolute Gasteiger partial charge is 0.212 e. The van der Waals surface area contributed by atoms with Crippen molar-refractivity contribution in [3.63, 3.8) is 0 Å². The van der Waals surface area contributed by atoms with Crippen molar-refractivity contribution in [3.8, 4) is 0 Å². The third-order valence-electron chi connectivity index (χ3n) is 3.68. The highest BCUT2D eigenvalue weighted by Crippen LogP contribution is 2.21. The Kier molecular flexibility index (Phi) is 4.07. The third kappa shape index (κ3) is 2.93. The van der Waals surface area contributed by atoms with Crippen LogP contribution in [0.3, 0.4) is 0 Å². The number of nitrogens with zero attached hydrogens (tertiary/aromatic N) is 1. The molecule has 0 bridgehead atoms. The van der Waals surface area contributed by atoms with Gasteiger partial charge in [0.25, 0.3) is 0 Å². The monoisotopic (exact) mass is 267 g/mol. The minimum absolute atomic E-state index is 0.144. The lowest BCUT2D eigenvalue weighted by molar-refractivity contribution is 0.346. The van der Waals surface area contributed by atoms with Gasteiger partial charge < -0.3 is 0 Å². The van der Waals surface area contributed by atoms with Gasteiger partial charge >= 0.3 is 0 Å². The Morgan fingerprint density at radius 1 is 1.06 bits per heavy atom. The molecular weight excluding hydrogens is 246 g/mol. The van der Waals surface area contributed by atoms with Gasteiger partial charge in [0, 0.05) is 13.1 Å². The van der Waals surface area contributed by atoms with Crippen molar-refractivity contribution in [2.24, 2.45) is 0 Å². The van der Waals surface area contributed by atoms with Gasteiger partial charge in [-0.2, -0.15) is 0 Å². The summed E-state index contributed by atoms with van der Waals surface area (Å²) in [5.74, 6) is 0.144. The SMILES string of the molecule is Cc1cccc(C)c1CS(=O)(=O)N1CCCCC1. The van der Waals surface area contributed by atoms with Crippen LogP contribution in [0, 0.1) is 13.8 Å². The van der Waals surface area contributed by atoms with Crippen LogP contribution in [0.5, 0.6) is 0 Å². The van der Waals surface area contributed by atoms with Crippen molar-refractivity contribution >= 4 is 10.0 Å². The molecule has 1 aromatic carbocycles. The highest BCUT2D eigenvalue weighted by Gasteiger charge is 2.25. The second-order valence-electron chi connectivity index (χ2n) is 5.09. The van der Waals surface area contributed by atoms with E-state index in [9.17, 15) is 8.42 Å². The Balaban J connectivity index is 2.22. The summed E-state index contributed by atoms with van der Waals surface area (Å²) in [6.07, 6.45) is 3.13. The molecule has 0 unspecified atom stereocenters. The molecule has 1 aromatic rings. The highest BCUT2D eigenvalue weighted by molar-refractivity contribution is 7.88. The van der Waals surface area contributed by atoms with Gasteiger partial charge in [-0.1, -0.05) is 24.6 Å². The van der Waals surface area contributed by atoms with Crippen LogP contribution in [0.2, 0.25) is 0 Å². The lowest BCUT2D eigenvalue weighted by atomic mass is 10.1. The minimum Gasteiger partial charge on any atom is -0.212 e. The number of benzene rings is 1. The molecule has 0 N–H and O–H groups in total. The Labute approximate surface area is 110 Å². The Morgan fingerprint density at radius 2 is 1.61 bits per heavy atom. The fourth-order valence-electron chi connectivity index (χ4n) is 2.49. The topological polar surface area (TPSA) is 37.4 Å². The molecule has 0 radical (unpaired) electrons. The average molecular weight is 267 g/mol. The van der Waals surface area contributed by atoms with Crippen molar-refractivity contribution in [2.75, 3.05) is 13.1 Å². The molecule has 0 amide bonds. The van der Waals surface area contributed by atoms with Gasteiger partial charge in [0.2, 0.25) is 10.0 Å². The van der Waals surface area contributed by atoms with E-state index in [1.54, 1.807) is 4.31 Å². The van der Waals surface area contributed by atoms with E-state index in [0.717, 1.165) is 36.0 Å². The summed E-state index contributed by atoms with van der Waals surface area (Å²) < 4.78 is 26.4. The molecule has 3 nitrogen and oxygen atoms in total. The second kappa shape index (κ2) is 5.41. The van der Waals surface area contributed by atoms with E-state index in [1.807, 2.05) is 32.0 Å². The summed E-state index contributed by atoms with van der Waals surface area (Å²) in [6.45, 7) is 5.34.